The van der Waals surface area contributed by atoms with Gasteiger partial charge in [-0.2, -0.15) is 0 Å². The Bertz CT molecular complexity index is 1160. The third-order valence-electron chi connectivity index (χ3n) is 3.95. The van der Waals surface area contributed by atoms with Crippen molar-refractivity contribution < 1.29 is 4.79 Å². The first kappa shape index (κ1) is 15.8. The Morgan fingerprint density at radius 2 is 1.96 bits per heavy atom. The Kier molecular flexibility index (Phi) is 3.81. The van der Waals surface area contributed by atoms with Crippen LogP contribution in [0.5, 0.6) is 0 Å². The molecule has 0 unspecified atom stereocenters. The lowest BCUT2D eigenvalue weighted by atomic mass is 10.1. The number of rotatable bonds is 3. The van der Waals surface area contributed by atoms with Crippen LogP contribution in [0.15, 0.2) is 65.8 Å². The minimum Gasteiger partial charge on any atom is -0.322 e. The van der Waals surface area contributed by atoms with Gasteiger partial charge in [-0.25, -0.2) is 9.97 Å². The SMILES string of the molecule is Cc1nc(-c2ccc(NC(=O)c3ccc4nccn4c3)cc2)cc(=O)[nH]1. The number of nitrogens with one attached hydrogen (secondary N) is 2. The molecule has 26 heavy (non-hydrogen) atoms. The maximum absolute atomic E-state index is 12.4. The molecule has 0 saturated heterocycles. The summed E-state index contributed by atoms with van der Waals surface area (Å²) in [4.78, 5) is 35.1. The zero-order valence-electron chi connectivity index (χ0n) is 13.9. The van der Waals surface area contributed by atoms with Crippen LogP contribution in [-0.2, 0) is 0 Å². The fourth-order valence-electron chi connectivity index (χ4n) is 2.71. The average molecular weight is 345 g/mol. The van der Waals surface area contributed by atoms with Crippen molar-refractivity contribution in [2.45, 2.75) is 6.92 Å². The predicted octanol–water partition coefficient (Wildman–Crippen LogP) is 2.65. The number of anilines is 1. The number of carbonyl (C=O) groups is 1. The number of pyridine rings is 1. The summed E-state index contributed by atoms with van der Waals surface area (Å²) in [5, 5.41) is 2.86. The van der Waals surface area contributed by atoms with E-state index in [4.69, 9.17) is 0 Å². The molecule has 3 aromatic heterocycles. The first-order valence-electron chi connectivity index (χ1n) is 8.01. The normalized spacial score (nSPS) is 10.8. The van der Waals surface area contributed by atoms with Gasteiger partial charge in [-0.15, -0.1) is 0 Å². The number of hydrogen-bond donors (Lipinski definition) is 2. The molecule has 0 aliphatic rings. The van der Waals surface area contributed by atoms with E-state index < -0.39 is 0 Å². The van der Waals surface area contributed by atoms with E-state index in [0.29, 0.717) is 22.8 Å². The molecule has 0 atom stereocenters. The summed E-state index contributed by atoms with van der Waals surface area (Å²) in [5.41, 5.74) is 3.18. The van der Waals surface area contributed by atoms with E-state index >= 15 is 0 Å². The zero-order chi connectivity index (χ0) is 18.1. The van der Waals surface area contributed by atoms with E-state index in [-0.39, 0.29) is 11.5 Å². The van der Waals surface area contributed by atoms with Crippen molar-refractivity contribution in [3.8, 4) is 11.3 Å². The van der Waals surface area contributed by atoms with E-state index in [9.17, 15) is 9.59 Å². The number of H-pyrrole nitrogens is 1. The lowest BCUT2D eigenvalue weighted by Crippen LogP contribution is -2.12. The summed E-state index contributed by atoms with van der Waals surface area (Å²) in [6, 6.07) is 12.2. The van der Waals surface area contributed by atoms with Crippen molar-refractivity contribution in [1.29, 1.82) is 0 Å². The van der Waals surface area contributed by atoms with Crippen molar-refractivity contribution in [3.63, 3.8) is 0 Å². The summed E-state index contributed by atoms with van der Waals surface area (Å²) < 4.78 is 1.79. The minimum atomic E-state index is -0.210. The van der Waals surface area contributed by atoms with Gasteiger partial charge in [0.05, 0.1) is 11.3 Å². The van der Waals surface area contributed by atoms with Crippen LogP contribution in [0, 0.1) is 6.92 Å². The van der Waals surface area contributed by atoms with E-state index in [2.05, 4.69) is 20.3 Å². The Morgan fingerprint density at radius 1 is 1.15 bits per heavy atom. The predicted molar refractivity (Wildman–Crippen MR) is 98.2 cm³/mol. The van der Waals surface area contributed by atoms with Gasteiger partial charge in [0, 0.05) is 35.9 Å². The van der Waals surface area contributed by atoms with Gasteiger partial charge in [0.15, 0.2) is 0 Å². The Labute approximate surface area is 148 Å². The van der Waals surface area contributed by atoms with Crippen molar-refractivity contribution in [3.05, 3.63) is 82.8 Å². The number of benzene rings is 1. The van der Waals surface area contributed by atoms with Gasteiger partial charge in [-0.3, -0.25) is 9.59 Å². The Hall–Kier alpha value is -3.74. The number of fused-ring (bicyclic) bond motifs is 1. The van der Waals surface area contributed by atoms with Gasteiger partial charge < -0.3 is 14.7 Å². The highest BCUT2D eigenvalue weighted by Crippen LogP contribution is 2.19. The molecule has 7 heteroatoms. The fraction of sp³-hybridized carbons (Fsp3) is 0.0526. The Balaban J connectivity index is 1.55. The molecular formula is C19H15N5O2. The summed E-state index contributed by atoms with van der Waals surface area (Å²) in [6.07, 6.45) is 5.20. The fourth-order valence-corrected chi connectivity index (χ4v) is 2.71. The molecule has 0 radical (unpaired) electrons. The van der Waals surface area contributed by atoms with Crippen molar-refractivity contribution >= 4 is 17.2 Å². The molecule has 0 bridgehead atoms. The quantitative estimate of drug-likeness (QED) is 0.597. The summed E-state index contributed by atoms with van der Waals surface area (Å²) >= 11 is 0. The lowest BCUT2D eigenvalue weighted by Gasteiger charge is -2.07. The standard InChI is InChI=1S/C19H15N5O2/c1-12-21-16(10-18(25)22-12)13-2-5-15(6-3-13)23-19(26)14-4-7-17-20-8-9-24(17)11-14/h2-11H,1H3,(H,23,26)(H,21,22,25). The number of aryl methyl sites for hydroxylation is 1. The summed E-state index contributed by atoms with van der Waals surface area (Å²) in [5.74, 6) is 0.346. The van der Waals surface area contributed by atoms with Crippen LogP contribution in [0.3, 0.4) is 0 Å². The molecule has 2 N–H and O–H groups in total. The first-order valence-corrected chi connectivity index (χ1v) is 8.01. The molecule has 0 aliphatic carbocycles. The maximum Gasteiger partial charge on any atom is 0.257 e. The number of hydrogen-bond acceptors (Lipinski definition) is 4. The lowest BCUT2D eigenvalue weighted by molar-refractivity contribution is 0.102. The molecule has 0 aliphatic heterocycles. The second-order valence-corrected chi connectivity index (χ2v) is 5.86. The topological polar surface area (TPSA) is 92.2 Å². The Morgan fingerprint density at radius 3 is 2.73 bits per heavy atom. The smallest absolute Gasteiger partial charge is 0.257 e. The molecule has 0 spiro atoms. The number of nitrogens with zero attached hydrogens (tertiary/aromatic N) is 3. The van der Waals surface area contributed by atoms with Crippen LogP contribution < -0.4 is 10.9 Å². The average Bonchev–Trinajstić information content (AvgIpc) is 3.09. The molecular weight excluding hydrogens is 330 g/mol. The third kappa shape index (κ3) is 3.10. The van der Waals surface area contributed by atoms with Crippen LogP contribution in [-0.4, -0.2) is 25.3 Å². The summed E-state index contributed by atoms with van der Waals surface area (Å²) in [6.45, 7) is 1.73. The largest absolute Gasteiger partial charge is 0.322 e. The van der Waals surface area contributed by atoms with Crippen molar-refractivity contribution in [2.24, 2.45) is 0 Å². The van der Waals surface area contributed by atoms with Gasteiger partial charge in [-0.1, -0.05) is 12.1 Å². The van der Waals surface area contributed by atoms with Crippen molar-refractivity contribution in [1.82, 2.24) is 19.4 Å². The van der Waals surface area contributed by atoms with Crippen molar-refractivity contribution in [2.75, 3.05) is 5.32 Å². The molecule has 3 heterocycles. The third-order valence-corrected chi connectivity index (χ3v) is 3.95. The molecule has 4 rings (SSSR count). The van der Waals surface area contributed by atoms with Crippen LogP contribution in [0.2, 0.25) is 0 Å². The number of aromatic amines is 1. The monoisotopic (exact) mass is 345 g/mol. The molecule has 1 amide bonds. The van der Waals surface area contributed by atoms with E-state index in [1.54, 1.807) is 54.2 Å². The molecule has 0 fully saturated rings. The van der Waals surface area contributed by atoms with Crippen LogP contribution >= 0.6 is 0 Å². The number of aromatic nitrogens is 4. The maximum atomic E-state index is 12.4. The number of carbonyl (C=O) groups excluding carboxylic acids is 1. The highest BCUT2D eigenvalue weighted by Gasteiger charge is 2.08. The molecule has 1 aromatic carbocycles. The van der Waals surface area contributed by atoms with Gasteiger partial charge in [0.25, 0.3) is 11.5 Å². The zero-order valence-corrected chi connectivity index (χ0v) is 13.9. The van der Waals surface area contributed by atoms with Gasteiger partial charge >= 0.3 is 0 Å². The first-order chi connectivity index (χ1) is 12.6. The molecule has 0 saturated carbocycles. The highest BCUT2D eigenvalue weighted by molar-refractivity contribution is 6.04. The van der Waals surface area contributed by atoms with Gasteiger partial charge in [0.1, 0.15) is 11.5 Å². The van der Waals surface area contributed by atoms with E-state index in [0.717, 1.165) is 11.2 Å². The summed E-state index contributed by atoms with van der Waals surface area (Å²) in [7, 11) is 0. The second-order valence-electron chi connectivity index (χ2n) is 5.86. The second kappa shape index (κ2) is 6.29. The number of amides is 1. The van der Waals surface area contributed by atoms with E-state index in [1.165, 1.54) is 6.07 Å². The number of imidazole rings is 1. The van der Waals surface area contributed by atoms with Crippen LogP contribution in [0.25, 0.3) is 16.9 Å². The molecule has 4 aromatic rings. The highest BCUT2D eigenvalue weighted by atomic mass is 16.1. The van der Waals surface area contributed by atoms with Crippen LogP contribution in [0.1, 0.15) is 16.2 Å². The van der Waals surface area contributed by atoms with Gasteiger partial charge in [0.2, 0.25) is 0 Å². The van der Waals surface area contributed by atoms with E-state index in [1.807, 2.05) is 12.1 Å². The van der Waals surface area contributed by atoms with Gasteiger partial charge in [-0.05, 0) is 31.2 Å². The van der Waals surface area contributed by atoms with Crippen LogP contribution in [0.4, 0.5) is 5.69 Å². The molecule has 7 nitrogen and oxygen atoms in total. The molecule has 128 valence electrons. The minimum absolute atomic E-state index is 0.195.